The predicted molar refractivity (Wildman–Crippen MR) is 70.8 cm³/mol. The van der Waals surface area contributed by atoms with E-state index in [1.54, 1.807) is 32.0 Å². The van der Waals surface area contributed by atoms with Crippen LogP contribution in [0, 0.1) is 0 Å². The number of fused-ring (bicyclic) bond motifs is 1. The standard InChI is InChI=1S/C14H17NO5/c1-3-9(14(17)18)15-13(16)12-8(2)19-10-6-4-5-7-11(10)20-12/h4-9,12H,3H2,1-2H3,(H,15,16)(H,17,18)/t8?,9-,12?/m1/s1. The Kier molecular flexibility index (Phi) is 4.12. The zero-order chi connectivity index (χ0) is 14.7. The molecule has 0 saturated carbocycles. The third-order valence-electron chi connectivity index (χ3n) is 3.12. The number of para-hydroxylation sites is 2. The highest BCUT2D eigenvalue weighted by atomic mass is 16.6. The van der Waals surface area contributed by atoms with Gasteiger partial charge in [-0.25, -0.2) is 4.79 Å². The van der Waals surface area contributed by atoms with E-state index in [1.807, 2.05) is 6.07 Å². The van der Waals surface area contributed by atoms with Gasteiger partial charge in [0.2, 0.25) is 6.10 Å². The van der Waals surface area contributed by atoms with E-state index in [0.29, 0.717) is 17.9 Å². The van der Waals surface area contributed by atoms with Crippen LogP contribution >= 0.6 is 0 Å². The summed E-state index contributed by atoms with van der Waals surface area (Å²) in [6, 6.07) is 6.13. The summed E-state index contributed by atoms with van der Waals surface area (Å²) in [7, 11) is 0. The Balaban J connectivity index is 2.10. The van der Waals surface area contributed by atoms with E-state index in [1.165, 1.54) is 0 Å². The molecule has 2 unspecified atom stereocenters. The van der Waals surface area contributed by atoms with E-state index < -0.39 is 30.1 Å². The average Bonchev–Trinajstić information content (AvgIpc) is 2.43. The number of rotatable bonds is 4. The summed E-state index contributed by atoms with van der Waals surface area (Å²) in [6.07, 6.45) is -1.05. The molecule has 2 N–H and O–H groups in total. The van der Waals surface area contributed by atoms with Crippen LogP contribution < -0.4 is 14.8 Å². The number of amides is 1. The highest BCUT2D eigenvalue weighted by Crippen LogP contribution is 2.33. The van der Waals surface area contributed by atoms with Crippen molar-refractivity contribution in [2.45, 2.75) is 38.5 Å². The molecule has 0 fully saturated rings. The fraction of sp³-hybridized carbons (Fsp3) is 0.429. The maximum Gasteiger partial charge on any atom is 0.326 e. The zero-order valence-electron chi connectivity index (χ0n) is 11.3. The molecule has 6 nitrogen and oxygen atoms in total. The monoisotopic (exact) mass is 279 g/mol. The second-order valence-electron chi connectivity index (χ2n) is 4.62. The third-order valence-corrected chi connectivity index (χ3v) is 3.12. The number of carboxylic acid groups (broad SMARTS) is 1. The SMILES string of the molecule is CC[C@@H](NC(=O)C1Oc2ccccc2OC1C)C(=O)O. The molecule has 0 aromatic heterocycles. The Morgan fingerprint density at radius 1 is 1.30 bits per heavy atom. The molecule has 3 atom stereocenters. The molecule has 0 radical (unpaired) electrons. The summed E-state index contributed by atoms with van der Waals surface area (Å²) in [5.74, 6) is -0.490. The lowest BCUT2D eigenvalue weighted by Gasteiger charge is -2.31. The molecular formula is C14H17NO5. The maximum absolute atomic E-state index is 12.1. The van der Waals surface area contributed by atoms with E-state index in [0.717, 1.165) is 0 Å². The summed E-state index contributed by atoms with van der Waals surface area (Å²) in [4.78, 5) is 23.1. The molecule has 1 aromatic rings. The van der Waals surface area contributed by atoms with Gasteiger partial charge in [-0.05, 0) is 25.5 Å². The molecule has 1 aliphatic heterocycles. The Bertz CT molecular complexity index is 516. The van der Waals surface area contributed by atoms with Crippen molar-refractivity contribution in [2.24, 2.45) is 0 Å². The summed E-state index contributed by atoms with van der Waals surface area (Å²) in [6.45, 7) is 3.40. The molecule has 0 aliphatic carbocycles. The van der Waals surface area contributed by atoms with Crippen molar-refractivity contribution in [3.05, 3.63) is 24.3 Å². The van der Waals surface area contributed by atoms with E-state index in [4.69, 9.17) is 14.6 Å². The molecular weight excluding hydrogens is 262 g/mol. The van der Waals surface area contributed by atoms with Crippen LogP contribution in [-0.2, 0) is 9.59 Å². The van der Waals surface area contributed by atoms with Crippen molar-refractivity contribution < 1.29 is 24.2 Å². The molecule has 0 spiro atoms. The van der Waals surface area contributed by atoms with Gasteiger partial charge in [0.1, 0.15) is 12.1 Å². The molecule has 2 rings (SSSR count). The zero-order valence-corrected chi connectivity index (χ0v) is 11.3. The van der Waals surface area contributed by atoms with E-state index in [-0.39, 0.29) is 0 Å². The number of nitrogens with one attached hydrogen (secondary N) is 1. The van der Waals surface area contributed by atoms with Crippen LogP contribution in [0.2, 0.25) is 0 Å². The first kappa shape index (κ1) is 14.2. The Morgan fingerprint density at radius 2 is 1.90 bits per heavy atom. The van der Waals surface area contributed by atoms with Crippen LogP contribution in [0.15, 0.2) is 24.3 Å². The number of carbonyl (C=O) groups is 2. The number of hydrogen-bond acceptors (Lipinski definition) is 4. The van der Waals surface area contributed by atoms with Crippen LogP contribution in [0.5, 0.6) is 11.5 Å². The minimum absolute atomic E-state index is 0.305. The topological polar surface area (TPSA) is 84.9 Å². The van der Waals surface area contributed by atoms with Gasteiger partial charge in [-0.1, -0.05) is 19.1 Å². The minimum Gasteiger partial charge on any atom is -0.482 e. The van der Waals surface area contributed by atoms with Crippen molar-refractivity contribution in [3.8, 4) is 11.5 Å². The highest BCUT2D eigenvalue weighted by Gasteiger charge is 2.35. The van der Waals surface area contributed by atoms with E-state index in [9.17, 15) is 9.59 Å². The summed E-state index contributed by atoms with van der Waals surface area (Å²) < 4.78 is 11.2. The highest BCUT2D eigenvalue weighted by molar-refractivity contribution is 5.87. The van der Waals surface area contributed by atoms with Gasteiger partial charge in [-0.2, -0.15) is 0 Å². The van der Waals surface area contributed by atoms with Gasteiger partial charge < -0.3 is 19.9 Å². The molecule has 20 heavy (non-hydrogen) atoms. The third kappa shape index (κ3) is 2.84. The number of benzene rings is 1. The second-order valence-corrected chi connectivity index (χ2v) is 4.62. The number of aliphatic carboxylic acids is 1. The normalized spacial score (nSPS) is 21.9. The van der Waals surface area contributed by atoms with Crippen molar-refractivity contribution in [2.75, 3.05) is 0 Å². The molecule has 1 aromatic carbocycles. The summed E-state index contributed by atoms with van der Waals surface area (Å²) in [5, 5.41) is 11.4. The summed E-state index contributed by atoms with van der Waals surface area (Å²) in [5.41, 5.74) is 0. The first-order chi connectivity index (χ1) is 9.52. The van der Waals surface area contributed by atoms with E-state index in [2.05, 4.69) is 5.32 Å². The molecule has 0 saturated heterocycles. The lowest BCUT2D eigenvalue weighted by Crippen LogP contribution is -2.53. The lowest BCUT2D eigenvalue weighted by molar-refractivity contribution is -0.144. The fourth-order valence-corrected chi connectivity index (χ4v) is 2.00. The van der Waals surface area contributed by atoms with Crippen molar-refractivity contribution in [1.82, 2.24) is 5.32 Å². The smallest absolute Gasteiger partial charge is 0.326 e. The van der Waals surface area contributed by atoms with Gasteiger partial charge in [-0.15, -0.1) is 0 Å². The fourth-order valence-electron chi connectivity index (χ4n) is 2.00. The van der Waals surface area contributed by atoms with Crippen molar-refractivity contribution >= 4 is 11.9 Å². The van der Waals surface area contributed by atoms with Gasteiger partial charge in [0, 0.05) is 0 Å². The molecule has 1 aliphatic rings. The van der Waals surface area contributed by atoms with Gasteiger partial charge in [0.25, 0.3) is 5.91 Å². The molecule has 1 amide bonds. The quantitative estimate of drug-likeness (QED) is 0.865. The maximum atomic E-state index is 12.1. The van der Waals surface area contributed by atoms with Gasteiger partial charge in [0.05, 0.1) is 0 Å². The Hall–Kier alpha value is -2.24. The van der Waals surface area contributed by atoms with Crippen LogP contribution in [0.1, 0.15) is 20.3 Å². The van der Waals surface area contributed by atoms with Crippen LogP contribution in [0.3, 0.4) is 0 Å². The molecule has 0 bridgehead atoms. The number of ether oxygens (including phenoxy) is 2. The Morgan fingerprint density at radius 3 is 2.45 bits per heavy atom. The largest absolute Gasteiger partial charge is 0.482 e. The Labute approximate surface area is 116 Å². The average molecular weight is 279 g/mol. The second kappa shape index (κ2) is 5.81. The first-order valence-corrected chi connectivity index (χ1v) is 6.48. The number of hydrogen-bond donors (Lipinski definition) is 2. The first-order valence-electron chi connectivity index (χ1n) is 6.48. The van der Waals surface area contributed by atoms with Gasteiger partial charge in [-0.3, -0.25) is 4.79 Å². The van der Waals surface area contributed by atoms with Gasteiger partial charge in [0.15, 0.2) is 11.5 Å². The van der Waals surface area contributed by atoms with Crippen LogP contribution in [0.4, 0.5) is 0 Å². The summed E-state index contributed by atoms with van der Waals surface area (Å²) >= 11 is 0. The van der Waals surface area contributed by atoms with Crippen LogP contribution in [0.25, 0.3) is 0 Å². The number of carbonyl (C=O) groups excluding carboxylic acids is 1. The molecule has 1 heterocycles. The van der Waals surface area contributed by atoms with Crippen molar-refractivity contribution in [3.63, 3.8) is 0 Å². The van der Waals surface area contributed by atoms with E-state index >= 15 is 0 Å². The van der Waals surface area contributed by atoms with Crippen LogP contribution in [-0.4, -0.2) is 35.2 Å². The molecule has 6 heteroatoms. The lowest BCUT2D eigenvalue weighted by atomic mass is 10.1. The van der Waals surface area contributed by atoms with Crippen molar-refractivity contribution in [1.29, 1.82) is 0 Å². The minimum atomic E-state index is -1.06. The number of carboxylic acids is 1. The van der Waals surface area contributed by atoms with Gasteiger partial charge >= 0.3 is 5.97 Å². The predicted octanol–water partition coefficient (Wildman–Crippen LogP) is 1.19. The molecule has 108 valence electrons.